The van der Waals surface area contributed by atoms with Gasteiger partial charge in [-0.2, -0.15) is 0 Å². The van der Waals surface area contributed by atoms with Crippen molar-refractivity contribution in [1.29, 1.82) is 0 Å². The summed E-state index contributed by atoms with van der Waals surface area (Å²) >= 11 is 1.24. The second-order valence-corrected chi connectivity index (χ2v) is 5.19. The molecule has 2 N–H and O–H groups in total. The molecule has 0 atom stereocenters. The van der Waals surface area contributed by atoms with E-state index in [1.165, 1.54) is 11.8 Å². The minimum Gasteiger partial charge on any atom is -0.481 e. The molecule has 20 heavy (non-hydrogen) atoms. The third-order valence-corrected chi connectivity index (χ3v) is 3.41. The minimum atomic E-state index is -0.866. The summed E-state index contributed by atoms with van der Waals surface area (Å²) in [6.07, 6.45) is 0.329. The summed E-state index contributed by atoms with van der Waals surface area (Å²) in [5, 5.41) is 11.1. The number of benzene rings is 1. The number of carbonyl (C=O) groups excluding carboxylic acids is 2. The molecule has 1 aromatic rings. The summed E-state index contributed by atoms with van der Waals surface area (Å²) in [5.41, 5.74) is 0.609. The van der Waals surface area contributed by atoms with Crippen molar-refractivity contribution in [3.8, 4) is 0 Å². The largest absolute Gasteiger partial charge is 0.481 e. The van der Waals surface area contributed by atoms with Crippen LogP contribution in [0.3, 0.4) is 0 Å². The zero-order chi connectivity index (χ0) is 14.8. The smallest absolute Gasteiger partial charge is 0.313 e. The van der Waals surface area contributed by atoms with Crippen LogP contribution in [0.2, 0.25) is 0 Å². The van der Waals surface area contributed by atoms with Crippen LogP contribution < -0.4 is 5.32 Å². The van der Waals surface area contributed by atoms with E-state index in [1.807, 2.05) is 6.07 Å². The van der Waals surface area contributed by atoms with Crippen LogP contribution in [0.15, 0.2) is 30.3 Å². The number of carbonyl (C=O) groups is 3. The van der Waals surface area contributed by atoms with Gasteiger partial charge in [-0.05, 0) is 0 Å². The molecule has 0 heterocycles. The summed E-state index contributed by atoms with van der Waals surface area (Å²) in [6, 6.07) is 8.85. The number of carboxylic acid groups (broad SMARTS) is 1. The monoisotopic (exact) mass is 295 g/mol. The van der Waals surface area contributed by atoms with Crippen LogP contribution >= 0.6 is 11.8 Å². The molecule has 0 saturated heterocycles. The minimum absolute atomic E-state index is 0.0301. The van der Waals surface area contributed by atoms with E-state index in [2.05, 4.69) is 5.32 Å². The fraction of sp³-hybridized carbons (Fsp3) is 0.357. The number of aliphatic carboxylic acids is 1. The molecule has 0 radical (unpaired) electrons. The number of carboxylic acids is 1. The lowest BCUT2D eigenvalue weighted by Gasteiger charge is -2.04. The Morgan fingerprint density at radius 2 is 1.80 bits per heavy atom. The second kappa shape index (κ2) is 9.14. The van der Waals surface area contributed by atoms with Crippen molar-refractivity contribution in [2.45, 2.75) is 12.8 Å². The third-order valence-electron chi connectivity index (χ3n) is 2.47. The maximum atomic E-state index is 11.8. The molecule has 0 aromatic heterocycles. The molecule has 1 amide bonds. The van der Waals surface area contributed by atoms with Gasteiger partial charge < -0.3 is 10.4 Å². The van der Waals surface area contributed by atoms with E-state index in [4.69, 9.17) is 5.11 Å². The molecule has 1 aromatic carbocycles. The zero-order valence-corrected chi connectivity index (χ0v) is 11.8. The topological polar surface area (TPSA) is 83.5 Å². The Labute approximate surface area is 121 Å². The van der Waals surface area contributed by atoms with E-state index >= 15 is 0 Å². The number of rotatable bonds is 9. The molecule has 0 unspecified atom stereocenters. The molecule has 0 saturated carbocycles. The molecule has 0 fully saturated rings. The van der Waals surface area contributed by atoms with Gasteiger partial charge in [0.25, 0.3) is 0 Å². The first-order valence-corrected chi connectivity index (χ1v) is 7.39. The zero-order valence-electron chi connectivity index (χ0n) is 11.0. The highest BCUT2D eigenvalue weighted by Gasteiger charge is 2.08. The summed E-state index contributed by atoms with van der Waals surface area (Å²) in [7, 11) is 0. The maximum Gasteiger partial charge on any atom is 0.313 e. The number of Topliss-reactive ketones (excluding diaryl/α,β-unsaturated/α-hetero) is 1. The van der Waals surface area contributed by atoms with Crippen LogP contribution in [0.4, 0.5) is 0 Å². The van der Waals surface area contributed by atoms with Crippen molar-refractivity contribution in [3.05, 3.63) is 35.9 Å². The van der Waals surface area contributed by atoms with Crippen LogP contribution in [-0.4, -0.2) is 40.8 Å². The predicted molar refractivity (Wildman–Crippen MR) is 78.0 cm³/mol. The third kappa shape index (κ3) is 6.94. The number of thioether (sulfide) groups is 1. The Hall–Kier alpha value is -1.82. The van der Waals surface area contributed by atoms with Gasteiger partial charge in [-0.15, -0.1) is 11.8 Å². The first-order chi connectivity index (χ1) is 9.59. The first kappa shape index (κ1) is 16.2. The summed E-state index contributed by atoms with van der Waals surface area (Å²) in [5.74, 6) is -0.534. The number of hydrogen-bond acceptors (Lipinski definition) is 4. The van der Waals surface area contributed by atoms with Crippen molar-refractivity contribution in [2.24, 2.45) is 0 Å². The second-order valence-electron chi connectivity index (χ2n) is 4.09. The van der Waals surface area contributed by atoms with E-state index in [9.17, 15) is 14.4 Å². The Morgan fingerprint density at radius 3 is 2.45 bits per heavy atom. The quantitative estimate of drug-likeness (QED) is 0.534. The van der Waals surface area contributed by atoms with Gasteiger partial charge in [0.05, 0.1) is 5.75 Å². The normalized spacial score (nSPS) is 10.0. The number of hydrogen-bond donors (Lipinski definition) is 2. The summed E-state index contributed by atoms with van der Waals surface area (Å²) in [4.78, 5) is 33.5. The molecular weight excluding hydrogens is 278 g/mol. The Kier molecular flexibility index (Phi) is 7.42. The molecule has 0 aliphatic rings. The van der Waals surface area contributed by atoms with Crippen LogP contribution in [-0.2, 0) is 9.59 Å². The van der Waals surface area contributed by atoms with E-state index in [0.717, 1.165) is 0 Å². The summed E-state index contributed by atoms with van der Waals surface area (Å²) < 4.78 is 0. The van der Waals surface area contributed by atoms with E-state index < -0.39 is 5.97 Å². The highest BCUT2D eigenvalue weighted by Crippen LogP contribution is 2.05. The van der Waals surface area contributed by atoms with Crippen molar-refractivity contribution in [1.82, 2.24) is 5.32 Å². The molecule has 6 heteroatoms. The molecule has 5 nitrogen and oxygen atoms in total. The van der Waals surface area contributed by atoms with Crippen molar-refractivity contribution in [2.75, 3.05) is 18.1 Å². The van der Waals surface area contributed by atoms with Gasteiger partial charge in [0.15, 0.2) is 5.78 Å². The highest BCUT2D eigenvalue weighted by molar-refractivity contribution is 7.99. The molecule has 0 aliphatic carbocycles. The van der Waals surface area contributed by atoms with E-state index in [1.54, 1.807) is 24.3 Å². The number of ketones is 1. The van der Waals surface area contributed by atoms with Crippen molar-refractivity contribution < 1.29 is 19.5 Å². The molecule has 0 aliphatic heterocycles. The number of amides is 1. The van der Waals surface area contributed by atoms with E-state index in [-0.39, 0.29) is 30.3 Å². The number of nitrogens with one attached hydrogen (secondary N) is 1. The Balaban J connectivity index is 2.14. The standard InChI is InChI=1S/C14H17NO4S/c16-12(11-4-2-1-3-5-11)6-7-13(17)15-8-9-20-10-14(18)19/h1-5H,6-10H2,(H,15,17)(H,18,19). The molecule has 0 spiro atoms. The van der Waals surface area contributed by atoms with Crippen LogP contribution in [0.25, 0.3) is 0 Å². The highest BCUT2D eigenvalue weighted by atomic mass is 32.2. The lowest BCUT2D eigenvalue weighted by atomic mass is 10.1. The molecule has 0 bridgehead atoms. The van der Waals surface area contributed by atoms with Gasteiger partial charge >= 0.3 is 5.97 Å². The lowest BCUT2D eigenvalue weighted by Crippen LogP contribution is -2.26. The predicted octanol–water partition coefficient (Wildman–Crippen LogP) is 1.58. The lowest BCUT2D eigenvalue weighted by molar-refractivity contribution is -0.133. The van der Waals surface area contributed by atoms with Crippen LogP contribution in [0.1, 0.15) is 23.2 Å². The van der Waals surface area contributed by atoms with E-state index in [0.29, 0.717) is 17.9 Å². The average Bonchev–Trinajstić information content (AvgIpc) is 2.45. The van der Waals surface area contributed by atoms with Gasteiger partial charge in [-0.3, -0.25) is 14.4 Å². The van der Waals surface area contributed by atoms with Gasteiger partial charge in [0.2, 0.25) is 5.91 Å². The Morgan fingerprint density at radius 1 is 1.10 bits per heavy atom. The average molecular weight is 295 g/mol. The SMILES string of the molecule is O=C(O)CSCCNC(=O)CCC(=O)c1ccccc1. The van der Waals surface area contributed by atoms with Crippen molar-refractivity contribution in [3.63, 3.8) is 0 Å². The maximum absolute atomic E-state index is 11.8. The first-order valence-electron chi connectivity index (χ1n) is 6.24. The van der Waals surface area contributed by atoms with Crippen molar-refractivity contribution >= 4 is 29.4 Å². The van der Waals surface area contributed by atoms with Gasteiger partial charge in [0, 0.05) is 30.7 Å². The Bertz CT molecular complexity index is 462. The fourth-order valence-corrected chi connectivity index (χ4v) is 2.07. The molecular formula is C14H17NO4S. The summed E-state index contributed by atoms with van der Waals surface area (Å²) in [6.45, 7) is 0.413. The van der Waals surface area contributed by atoms with Gasteiger partial charge in [-0.1, -0.05) is 30.3 Å². The molecule has 108 valence electrons. The van der Waals surface area contributed by atoms with Crippen LogP contribution in [0, 0.1) is 0 Å². The van der Waals surface area contributed by atoms with Gasteiger partial charge in [-0.25, -0.2) is 0 Å². The molecule has 1 rings (SSSR count). The fourth-order valence-electron chi connectivity index (χ4n) is 1.51. The van der Waals surface area contributed by atoms with Gasteiger partial charge in [0.1, 0.15) is 0 Å². The van der Waals surface area contributed by atoms with Crippen LogP contribution in [0.5, 0.6) is 0 Å².